The normalized spacial score (nSPS) is 11.2. The highest BCUT2D eigenvalue weighted by Gasteiger charge is 1.95. The van der Waals surface area contributed by atoms with Crippen LogP contribution in [0, 0.1) is 0 Å². The van der Waals surface area contributed by atoms with Gasteiger partial charge in [-0.2, -0.15) is 0 Å². The van der Waals surface area contributed by atoms with E-state index < -0.39 is 11.9 Å². The van der Waals surface area contributed by atoms with Crippen LogP contribution in [0.2, 0.25) is 0 Å². The van der Waals surface area contributed by atoms with Crippen LogP contribution in [0.3, 0.4) is 0 Å². The van der Waals surface area contributed by atoms with E-state index in [1.807, 2.05) is 6.08 Å². The third-order valence-electron chi connectivity index (χ3n) is 2.00. The minimum absolute atomic E-state index is 0.247. The van der Waals surface area contributed by atoms with E-state index in [1.165, 1.54) is 6.08 Å². The lowest BCUT2D eigenvalue weighted by Gasteiger charge is -1.96. The van der Waals surface area contributed by atoms with Gasteiger partial charge >= 0.3 is 11.9 Å². The van der Waals surface area contributed by atoms with Crippen molar-refractivity contribution in [2.75, 3.05) is 0 Å². The second kappa shape index (κ2) is 9.96. The topological polar surface area (TPSA) is 74.6 Å². The fourth-order valence-corrected chi connectivity index (χ4v) is 1.20. The molecular weight excluding hydrogens is 208 g/mol. The van der Waals surface area contributed by atoms with Crippen LogP contribution in [0.15, 0.2) is 24.3 Å². The number of aliphatic carboxylic acids is 2. The van der Waals surface area contributed by atoms with Crippen molar-refractivity contribution >= 4 is 11.9 Å². The van der Waals surface area contributed by atoms with Crippen molar-refractivity contribution in [1.82, 2.24) is 0 Å². The first-order valence-corrected chi connectivity index (χ1v) is 5.41. The lowest BCUT2D eigenvalue weighted by Crippen LogP contribution is -1.93. The van der Waals surface area contributed by atoms with Gasteiger partial charge in [-0.15, -0.1) is 0 Å². The first-order valence-electron chi connectivity index (χ1n) is 5.41. The van der Waals surface area contributed by atoms with Gasteiger partial charge in [-0.3, -0.25) is 4.79 Å². The molecule has 0 aromatic carbocycles. The molecule has 0 saturated heterocycles. The van der Waals surface area contributed by atoms with Gasteiger partial charge in [0.25, 0.3) is 0 Å². The summed E-state index contributed by atoms with van der Waals surface area (Å²) in [6, 6.07) is 0. The number of carboxylic acid groups (broad SMARTS) is 2. The molecule has 0 amide bonds. The van der Waals surface area contributed by atoms with Crippen molar-refractivity contribution in [2.24, 2.45) is 0 Å². The van der Waals surface area contributed by atoms with Crippen molar-refractivity contribution in [3.05, 3.63) is 24.3 Å². The summed E-state index contributed by atoms with van der Waals surface area (Å²) in [5.41, 5.74) is 0. The van der Waals surface area contributed by atoms with Gasteiger partial charge in [0, 0.05) is 12.5 Å². The molecule has 0 aromatic heterocycles. The second-order valence-corrected chi connectivity index (χ2v) is 3.47. The molecule has 0 atom stereocenters. The van der Waals surface area contributed by atoms with Gasteiger partial charge in [-0.1, -0.05) is 31.1 Å². The molecule has 0 spiro atoms. The Morgan fingerprint density at radius 3 is 2.25 bits per heavy atom. The van der Waals surface area contributed by atoms with Crippen molar-refractivity contribution in [3.8, 4) is 0 Å². The average Bonchev–Trinajstić information content (AvgIpc) is 2.20. The van der Waals surface area contributed by atoms with Crippen LogP contribution >= 0.6 is 0 Å². The minimum atomic E-state index is -0.946. The predicted octanol–water partition coefficient (Wildman–Crippen LogP) is 2.61. The fourth-order valence-electron chi connectivity index (χ4n) is 1.20. The number of rotatable bonds is 9. The SMILES string of the molecule is O=C(O)C=CC=CCCCCCCC(=O)O. The van der Waals surface area contributed by atoms with E-state index in [4.69, 9.17) is 10.2 Å². The molecule has 0 heterocycles. The van der Waals surface area contributed by atoms with E-state index in [9.17, 15) is 9.59 Å². The van der Waals surface area contributed by atoms with E-state index >= 15 is 0 Å². The maximum atomic E-state index is 10.2. The molecule has 0 rings (SSSR count). The summed E-state index contributed by atoms with van der Waals surface area (Å²) in [5.74, 6) is -1.68. The van der Waals surface area contributed by atoms with Gasteiger partial charge in [-0.05, 0) is 19.3 Å². The third kappa shape index (κ3) is 12.4. The standard InChI is InChI=1S/C12H18O4/c13-11(14)9-7-5-3-1-2-4-6-8-10-12(15)16/h3,5,7,9H,1-2,4,6,8,10H2,(H,13,14)(H,15,16). The first kappa shape index (κ1) is 14.4. The number of allylic oxidation sites excluding steroid dienone is 3. The van der Waals surface area contributed by atoms with Crippen LogP contribution in [-0.2, 0) is 9.59 Å². The van der Waals surface area contributed by atoms with Crippen molar-refractivity contribution < 1.29 is 19.8 Å². The fraction of sp³-hybridized carbons (Fsp3) is 0.500. The molecule has 4 nitrogen and oxygen atoms in total. The Balaban J connectivity index is 3.27. The Hall–Kier alpha value is -1.58. The predicted molar refractivity (Wildman–Crippen MR) is 61.3 cm³/mol. The lowest BCUT2D eigenvalue weighted by molar-refractivity contribution is -0.137. The molecule has 90 valence electrons. The number of hydrogen-bond acceptors (Lipinski definition) is 2. The number of unbranched alkanes of at least 4 members (excludes halogenated alkanes) is 4. The summed E-state index contributed by atoms with van der Waals surface area (Å²) in [7, 11) is 0. The van der Waals surface area contributed by atoms with Gasteiger partial charge < -0.3 is 10.2 Å². The Morgan fingerprint density at radius 1 is 0.938 bits per heavy atom. The largest absolute Gasteiger partial charge is 0.481 e. The molecule has 0 bridgehead atoms. The molecule has 0 unspecified atom stereocenters. The highest BCUT2D eigenvalue weighted by Crippen LogP contribution is 2.05. The van der Waals surface area contributed by atoms with Crippen LogP contribution < -0.4 is 0 Å². The Bertz CT molecular complexity index is 266. The van der Waals surface area contributed by atoms with Gasteiger partial charge in [0.05, 0.1) is 0 Å². The zero-order chi connectivity index (χ0) is 12.2. The molecule has 4 heteroatoms. The average molecular weight is 226 g/mol. The molecule has 0 fully saturated rings. The highest BCUT2D eigenvalue weighted by atomic mass is 16.4. The van der Waals surface area contributed by atoms with Gasteiger partial charge in [0.2, 0.25) is 0 Å². The Kier molecular flexibility index (Phi) is 8.97. The summed E-state index contributed by atoms with van der Waals surface area (Å²) in [6.07, 6.45) is 11.0. The summed E-state index contributed by atoms with van der Waals surface area (Å²) in [4.78, 5) is 20.3. The number of hydrogen-bond donors (Lipinski definition) is 2. The molecule has 0 saturated carbocycles. The molecule has 16 heavy (non-hydrogen) atoms. The van der Waals surface area contributed by atoms with Crippen LogP contribution in [-0.4, -0.2) is 22.2 Å². The molecule has 0 aliphatic heterocycles. The van der Waals surface area contributed by atoms with Gasteiger partial charge in [0.15, 0.2) is 0 Å². The van der Waals surface area contributed by atoms with Crippen molar-refractivity contribution in [1.29, 1.82) is 0 Å². The van der Waals surface area contributed by atoms with Crippen LogP contribution in [0.4, 0.5) is 0 Å². The number of carbonyl (C=O) groups is 2. The number of carboxylic acids is 2. The molecule has 0 aliphatic carbocycles. The molecule has 0 radical (unpaired) electrons. The van der Waals surface area contributed by atoms with E-state index in [0.717, 1.165) is 38.2 Å². The van der Waals surface area contributed by atoms with Gasteiger partial charge in [0.1, 0.15) is 0 Å². The summed E-state index contributed by atoms with van der Waals surface area (Å²) in [6.45, 7) is 0. The van der Waals surface area contributed by atoms with Crippen LogP contribution in [0.1, 0.15) is 38.5 Å². The van der Waals surface area contributed by atoms with E-state index in [0.29, 0.717) is 0 Å². The van der Waals surface area contributed by atoms with E-state index in [-0.39, 0.29) is 6.42 Å². The smallest absolute Gasteiger partial charge is 0.328 e. The monoisotopic (exact) mass is 226 g/mol. The molecule has 0 aromatic rings. The van der Waals surface area contributed by atoms with Gasteiger partial charge in [-0.25, -0.2) is 4.79 Å². The maximum absolute atomic E-state index is 10.2. The van der Waals surface area contributed by atoms with Crippen LogP contribution in [0.5, 0.6) is 0 Å². The second-order valence-electron chi connectivity index (χ2n) is 3.47. The molecule has 2 N–H and O–H groups in total. The summed E-state index contributed by atoms with van der Waals surface area (Å²) < 4.78 is 0. The maximum Gasteiger partial charge on any atom is 0.328 e. The quantitative estimate of drug-likeness (QED) is 0.360. The molecule has 0 aliphatic rings. The summed E-state index contributed by atoms with van der Waals surface area (Å²) in [5, 5.41) is 16.7. The highest BCUT2D eigenvalue weighted by molar-refractivity contribution is 5.80. The lowest BCUT2D eigenvalue weighted by atomic mass is 10.1. The molecular formula is C12H18O4. The third-order valence-corrected chi connectivity index (χ3v) is 2.00. The summed E-state index contributed by atoms with van der Waals surface area (Å²) >= 11 is 0. The van der Waals surface area contributed by atoms with E-state index in [1.54, 1.807) is 6.08 Å². The Labute approximate surface area is 95.3 Å². The van der Waals surface area contributed by atoms with Crippen molar-refractivity contribution in [2.45, 2.75) is 38.5 Å². The zero-order valence-electron chi connectivity index (χ0n) is 9.26. The minimum Gasteiger partial charge on any atom is -0.481 e. The van der Waals surface area contributed by atoms with Crippen molar-refractivity contribution in [3.63, 3.8) is 0 Å². The zero-order valence-corrected chi connectivity index (χ0v) is 9.26. The Morgan fingerprint density at radius 2 is 1.62 bits per heavy atom. The van der Waals surface area contributed by atoms with E-state index in [2.05, 4.69) is 0 Å². The van der Waals surface area contributed by atoms with Crippen LogP contribution in [0.25, 0.3) is 0 Å². The first-order chi connectivity index (χ1) is 7.63.